The first-order valence-electron chi connectivity index (χ1n) is 12.0. The monoisotopic (exact) mass is 483 g/mol. The molecule has 0 radical (unpaired) electrons. The normalized spacial score (nSPS) is 28.7. The van der Waals surface area contributed by atoms with Gasteiger partial charge >= 0.3 is 0 Å². The van der Waals surface area contributed by atoms with Crippen molar-refractivity contribution in [3.63, 3.8) is 0 Å². The highest BCUT2D eigenvalue weighted by molar-refractivity contribution is 9.10. The van der Waals surface area contributed by atoms with Crippen LogP contribution in [0.15, 0.2) is 40.9 Å². The summed E-state index contributed by atoms with van der Waals surface area (Å²) in [5, 5.41) is 3.95. The van der Waals surface area contributed by atoms with Crippen molar-refractivity contribution in [2.45, 2.75) is 65.1 Å². The minimum atomic E-state index is 0.546. The van der Waals surface area contributed by atoms with Crippen molar-refractivity contribution in [1.82, 2.24) is 5.32 Å². The molecule has 4 bridgehead atoms. The zero-order valence-corrected chi connectivity index (χ0v) is 20.3. The Balaban J connectivity index is 1.28. The fraction of sp³-hybridized carbons (Fsp3) is 0.556. The molecule has 0 aromatic heterocycles. The maximum absolute atomic E-state index is 6.19. The maximum atomic E-state index is 6.19. The Kier molecular flexibility index (Phi) is 6.30. The highest BCUT2D eigenvalue weighted by Gasteiger charge is 2.47. The van der Waals surface area contributed by atoms with Crippen molar-refractivity contribution in [2.24, 2.45) is 23.7 Å². The molecule has 0 aliphatic heterocycles. The molecule has 4 heteroatoms. The van der Waals surface area contributed by atoms with Crippen LogP contribution in [0.1, 0.15) is 55.7 Å². The number of aryl methyl sites for hydroxylation is 1. The van der Waals surface area contributed by atoms with Crippen molar-refractivity contribution in [2.75, 3.05) is 6.61 Å². The lowest BCUT2D eigenvalue weighted by molar-refractivity contribution is -0.0142. The summed E-state index contributed by atoms with van der Waals surface area (Å²) in [6.07, 6.45) is 7.29. The first-order chi connectivity index (χ1) is 15.1. The lowest BCUT2D eigenvalue weighted by Gasteiger charge is -2.54. The van der Waals surface area contributed by atoms with E-state index in [1.165, 1.54) is 48.8 Å². The fourth-order valence-corrected chi connectivity index (χ4v) is 6.97. The molecule has 4 fully saturated rings. The van der Waals surface area contributed by atoms with Gasteiger partial charge in [0.25, 0.3) is 0 Å². The Morgan fingerprint density at radius 2 is 1.58 bits per heavy atom. The van der Waals surface area contributed by atoms with Crippen LogP contribution in [0.4, 0.5) is 0 Å². The predicted molar refractivity (Wildman–Crippen MR) is 128 cm³/mol. The van der Waals surface area contributed by atoms with Crippen molar-refractivity contribution in [3.05, 3.63) is 57.6 Å². The highest BCUT2D eigenvalue weighted by Crippen LogP contribution is 2.53. The minimum absolute atomic E-state index is 0.546. The van der Waals surface area contributed by atoms with Crippen molar-refractivity contribution >= 4 is 15.9 Å². The Labute approximate surface area is 195 Å². The predicted octanol–water partition coefficient (Wildman–Crippen LogP) is 6.65. The number of hydrogen-bond acceptors (Lipinski definition) is 3. The molecule has 0 atom stereocenters. The van der Waals surface area contributed by atoms with Gasteiger partial charge in [-0.15, -0.1) is 0 Å². The lowest BCUT2D eigenvalue weighted by atomic mass is 9.54. The van der Waals surface area contributed by atoms with Crippen molar-refractivity contribution in [1.29, 1.82) is 0 Å². The van der Waals surface area contributed by atoms with Crippen LogP contribution in [0.25, 0.3) is 0 Å². The van der Waals surface area contributed by atoms with E-state index in [4.69, 9.17) is 9.47 Å². The van der Waals surface area contributed by atoms with E-state index in [1.54, 1.807) is 0 Å². The zero-order chi connectivity index (χ0) is 21.4. The number of ether oxygens (including phenoxy) is 2. The van der Waals surface area contributed by atoms with Gasteiger partial charge in [-0.1, -0.05) is 40.2 Å². The van der Waals surface area contributed by atoms with Gasteiger partial charge in [-0.05, 0) is 98.4 Å². The standard InChI is InChI=1S/C27H34BrNO2/c1-3-30-25-13-23(15-29-27-21-9-18-8-19(11-21)12-22(27)10-18)24(28)14-26(25)31-16-20-7-5-4-6-17(20)2/h4-7,13-14,18-19,21-22,27,29H,3,8-12,15-16H2,1-2H3. The second kappa shape index (κ2) is 9.15. The summed E-state index contributed by atoms with van der Waals surface area (Å²) in [7, 11) is 0. The van der Waals surface area contributed by atoms with Gasteiger partial charge in [0.1, 0.15) is 6.61 Å². The van der Waals surface area contributed by atoms with Crippen LogP contribution in [-0.4, -0.2) is 12.6 Å². The van der Waals surface area contributed by atoms with Gasteiger partial charge in [-0.2, -0.15) is 0 Å². The van der Waals surface area contributed by atoms with Crippen LogP contribution < -0.4 is 14.8 Å². The van der Waals surface area contributed by atoms with Gasteiger partial charge in [0.15, 0.2) is 11.5 Å². The van der Waals surface area contributed by atoms with Gasteiger partial charge in [-0.25, -0.2) is 0 Å². The third-order valence-corrected chi connectivity index (χ3v) is 8.55. The second-order valence-electron chi connectivity index (χ2n) is 9.88. The van der Waals surface area contributed by atoms with Gasteiger partial charge in [0, 0.05) is 17.1 Å². The molecule has 0 amide bonds. The van der Waals surface area contributed by atoms with E-state index in [-0.39, 0.29) is 0 Å². The summed E-state index contributed by atoms with van der Waals surface area (Å²) in [6.45, 7) is 6.21. The highest BCUT2D eigenvalue weighted by atomic mass is 79.9. The largest absolute Gasteiger partial charge is 0.490 e. The SMILES string of the molecule is CCOc1cc(CNC2C3CC4CC(C3)CC2C4)c(Br)cc1OCc1ccccc1C. The molecule has 166 valence electrons. The average Bonchev–Trinajstić information content (AvgIpc) is 2.74. The van der Waals surface area contributed by atoms with E-state index in [1.807, 2.05) is 6.92 Å². The van der Waals surface area contributed by atoms with E-state index in [0.29, 0.717) is 19.3 Å². The van der Waals surface area contributed by atoms with E-state index >= 15 is 0 Å². The molecule has 3 nitrogen and oxygen atoms in total. The number of benzene rings is 2. The van der Waals surface area contributed by atoms with Gasteiger partial charge in [0.05, 0.1) is 6.61 Å². The Bertz CT molecular complexity index is 899. The number of halogens is 1. The third kappa shape index (κ3) is 4.52. The molecule has 2 aromatic rings. The summed E-state index contributed by atoms with van der Waals surface area (Å²) in [6, 6.07) is 13.3. The fourth-order valence-electron chi connectivity index (χ4n) is 6.51. The second-order valence-corrected chi connectivity index (χ2v) is 10.7. The number of rotatable bonds is 8. The lowest BCUT2D eigenvalue weighted by Crippen LogP contribution is -2.54. The first-order valence-corrected chi connectivity index (χ1v) is 12.8. The molecule has 0 heterocycles. The smallest absolute Gasteiger partial charge is 0.162 e. The Morgan fingerprint density at radius 1 is 0.903 bits per heavy atom. The van der Waals surface area contributed by atoms with Gasteiger partial charge < -0.3 is 14.8 Å². The minimum Gasteiger partial charge on any atom is -0.490 e. The molecule has 0 saturated heterocycles. The quantitative estimate of drug-likeness (QED) is 0.455. The third-order valence-electron chi connectivity index (χ3n) is 7.81. The molecule has 0 unspecified atom stereocenters. The summed E-state index contributed by atoms with van der Waals surface area (Å²) >= 11 is 3.80. The number of hydrogen-bond donors (Lipinski definition) is 1. The molecular formula is C27H34BrNO2. The van der Waals surface area contributed by atoms with E-state index in [0.717, 1.165) is 46.2 Å². The van der Waals surface area contributed by atoms with Crippen LogP contribution in [0.5, 0.6) is 11.5 Å². The first kappa shape index (κ1) is 21.3. The topological polar surface area (TPSA) is 30.5 Å². The molecule has 4 aliphatic rings. The van der Waals surface area contributed by atoms with Gasteiger partial charge in [-0.3, -0.25) is 0 Å². The van der Waals surface area contributed by atoms with Crippen LogP contribution >= 0.6 is 15.9 Å². The van der Waals surface area contributed by atoms with Crippen LogP contribution in [0.2, 0.25) is 0 Å². The summed E-state index contributed by atoms with van der Waals surface area (Å²) in [5.41, 5.74) is 3.70. The maximum Gasteiger partial charge on any atom is 0.162 e. The number of nitrogens with one attached hydrogen (secondary N) is 1. The molecule has 1 N–H and O–H groups in total. The molecule has 6 rings (SSSR count). The van der Waals surface area contributed by atoms with Crippen LogP contribution in [0.3, 0.4) is 0 Å². The Hall–Kier alpha value is -1.52. The molecule has 2 aromatic carbocycles. The molecule has 4 saturated carbocycles. The average molecular weight is 484 g/mol. The molecule has 0 spiro atoms. The molecular weight excluding hydrogens is 450 g/mol. The summed E-state index contributed by atoms with van der Waals surface area (Å²) in [4.78, 5) is 0. The zero-order valence-electron chi connectivity index (χ0n) is 18.7. The van der Waals surface area contributed by atoms with Crippen LogP contribution in [0, 0.1) is 30.6 Å². The van der Waals surface area contributed by atoms with E-state index in [2.05, 4.69) is 64.6 Å². The van der Waals surface area contributed by atoms with Gasteiger partial charge in [0.2, 0.25) is 0 Å². The molecule has 31 heavy (non-hydrogen) atoms. The van der Waals surface area contributed by atoms with E-state index in [9.17, 15) is 0 Å². The van der Waals surface area contributed by atoms with E-state index < -0.39 is 0 Å². The molecule has 4 aliphatic carbocycles. The van der Waals surface area contributed by atoms with Crippen molar-refractivity contribution in [3.8, 4) is 11.5 Å². The van der Waals surface area contributed by atoms with Crippen molar-refractivity contribution < 1.29 is 9.47 Å². The Morgan fingerprint density at radius 3 is 2.26 bits per heavy atom. The van der Waals surface area contributed by atoms with Crippen LogP contribution in [-0.2, 0) is 13.2 Å². The summed E-state index contributed by atoms with van der Waals surface area (Å²) < 4.78 is 13.2. The summed E-state index contributed by atoms with van der Waals surface area (Å²) in [5.74, 6) is 5.44.